The van der Waals surface area contributed by atoms with Crippen LogP contribution in [0.25, 0.3) is 10.9 Å². The number of aliphatic imine (C=N–C) groups is 1. The number of hydrogen-bond donors (Lipinski definition) is 3. The molecule has 1 aromatic carbocycles. The van der Waals surface area contributed by atoms with Gasteiger partial charge in [-0.25, -0.2) is 0 Å². The second-order valence-electron chi connectivity index (χ2n) is 7.15. The van der Waals surface area contributed by atoms with Crippen LogP contribution in [0.1, 0.15) is 27.2 Å². The third-order valence-corrected chi connectivity index (χ3v) is 4.11. The average Bonchev–Trinajstić information content (AvgIpc) is 3.06. The quantitative estimate of drug-likeness (QED) is 0.321. The Balaban J connectivity index is 1.73. The highest BCUT2D eigenvalue weighted by molar-refractivity contribution is 5.80. The monoisotopic (exact) mass is 374 g/mol. The number of aliphatic hydroxyl groups is 1. The molecular weight excluding hydrogens is 340 g/mol. The van der Waals surface area contributed by atoms with Crippen LogP contribution in [-0.2, 0) is 11.3 Å². The summed E-state index contributed by atoms with van der Waals surface area (Å²) in [6, 6.07) is 10.6. The van der Waals surface area contributed by atoms with Gasteiger partial charge in [-0.15, -0.1) is 0 Å². The van der Waals surface area contributed by atoms with Gasteiger partial charge in [0.1, 0.15) is 0 Å². The van der Waals surface area contributed by atoms with E-state index in [4.69, 9.17) is 4.74 Å². The molecule has 27 heavy (non-hydrogen) atoms. The van der Waals surface area contributed by atoms with E-state index in [0.29, 0.717) is 25.7 Å². The van der Waals surface area contributed by atoms with Gasteiger partial charge in [0, 0.05) is 38.0 Å². The topological polar surface area (TPSA) is 70.8 Å². The van der Waals surface area contributed by atoms with Crippen molar-refractivity contribution < 1.29 is 9.84 Å². The third-order valence-electron chi connectivity index (χ3n) is 4.11. The zero-order chi connectivity index (χ0) is 19.5. The Morgan fingerprint density at radius 3 is 2.78 bits per heavy atom. The first-order valence-corrected chi connectivity index (χ1v) is 9.92. The molecule has 0 aliphatic heterocycles. The van der Waals surface area contributed by atoms with Gasteiger partial charge >= 0.3 is 0 Å². The number of fused-ring (bicyclic) bond motifs is 1. The van der Waals surface area contributed by atoms with Gasteiger partial charge in [0.25, 0.3) is 0 Å². The number of guanidine groups is 1. The predicted octanol–water partition coefficient (Wildman–Crippen LogP) is 2.62. The standard InChI is InChI=1S/C21H34N4O2/c1-4-22-21(24-14-19(26)16-27-15-17(2)3)23-11-7-12-25-13-10-18-8-5-6-9-20(18)25/h5-6,8-10,13,17,19,26H,4,7,11-12,14-16H2,1-3H3,(H2,22,23,24). The van der Waals surface area contributed by atoms with Crippen molar-refractivity contribution in [1.29, 1.82) is 0 Å². The lowest BCUT2D eigenvalue weighted by Crippen LogP contribution is -2.39. The van der Waals surface area contributed by atoms with E-state index in [2.05, 4.69) is 70.6 Å². The molecule has 6 nitrogen and oxygen atoms in total. The van der Waals surface area contributed by atoms with Crippen molar-refractivity contribution >= 4 is 16.9 Å². The van der Waals surface area contributed by atoms with Crippen LogP contribution < -0.4 is 10.6 Å². The Labute approximate surface area is 162 Å². The van der Waals surface area contributed by atoms with Gasteiger partial charge in [-0.05, 0) is 36.8 Å². The van der Waals surface area contributed by atoms with E-state index in [0.717, 1.165) is 32.0 Å². The fourth-order valence-electron chi connectivity index (χ4n) is 2.82. The Morgan fingerprint density at radius 1 is 1.19 bits per heavy atom. The molecule has 6 heteroatoms. The van der Waals surface area contributed by atoms with E-state index in [1.54, 1.807) is 0 Å². The van der Waals surface area contributed by atoms with Crippen LogP contribution >= 0.6 is 0 Å². The zero-order valence-corrected chi connectivity index (χ0v) is 16.8. The largest absolute Gasteiger partial charge is 0.389 e. The molecule has 1 atom stereocenters. The molecule has 1 unspecified atom stereocenters. The average molecular weight is 375 g/mol. The Morgan fingerprint density at radius 2 is 2.00 bits per heavy atom. The number of ether oxygens (including phenoxy) is 1. The molecule has 2 rings (SSSR count). The van der Waals surface area contributed by atoms with Gasteiger partial charge < -0.3 is 25.0 Å². The highest BCUT2D eigenvalue weighted by Gasteiger charge is 2.06. The van der Waals surface area contributed by atoms with Crippen molar-refractivity contribution in [2.24, 2.45) is 10.9 Å². The summed E-state index contributed by atoms with van der Waals surface area (Å²) >= 11 is 0. The van der Waals surface area contributed by atoms with Crippen molar-refractivity contribution in [1.82, 2.24) is 15.2 Å². The molecule has 1 heterocycles. The van der Waals surface area contributed by atoms with E-state index in [1.807, 2.05) is 6.92 Å². The number of aromatic nitrogens is 1. The van der Waals surface area contributed by atoms with Crippen LogP contribution in [0.15, 0.2) is 41.5 Å². The molecule has 0 aliphatic carbocycles. The summed E-state index contributed by atoms with van der Waals surface area (Å²) in [4.78, 5) is 4.45. The molecule has 150 valence electrons. The summed E-state index contributed by atoms with van der Waals surface area (Å²) in [6.45, 7) is 10.1. The normalized spacial score (nSPS) is 13.3. The first-order valence-electron chi connectivity index (χ1n) is 9.92. The summed E-state index contributed by atoms with van der Waals surface area (Å²) < 4.78 is 7.74. The van der Waals surface area contributed by atoms with E-state index in [9.17, 15) is 5.11 Å². The second-order valence-corrected chi connectivity index (χ2v) is 7.15. The lowest BCUT2D eigenvalue weighted by molar-refractivity contribution is 0.0301. The zero-order valence-electron chi connectivity index (χ0n) is 16.8. The number of aryl methyl sites for hydroxylation is 1. The van der Waals surface area contributed by atoms with Gasteiger partial charge in [-0.1, -0.05) is 32.0 Å². The number of aliphatic hydroxyl groups excluding tert-OH is 1. The van der Waals surface area contributed by atoms with Crippen LogP contribution in [-0.4, -0.2) is 54.6 Å². The van der Waals surface area contributed by atoms with Gasteiger partial charge in [0.2, 0.25) is 0 Å². The molecule has 0 aliphatic rings. The van der Waals surface area contributed by atoms with E-state index in [-0.39, 0.29) is 0 Å². The van der Waals surface area contributed by atoms with Crippen molar-refractivity contribution in [2.45, 2.75) is 39.8 Å². The van der Waals surface area contributed by atoms with Crippen LogP contribution in [0, 0.1) is 5.92 Å². The Kier molecular flexibility index (Phi) is 9.15. The number of benzene rings is 1. The molecule has 0 fully saturated rings. The molecular formula is C21H34N4O2. The minimum Gasteiger partial charge on any atom is -0.389 e. The highest BCUT2D eigenvalue weighted by Crippen LogP contribution is 2.15. The number of hydrogen-bond acceptors (Lipinski definition) is 3. The number of rotatable bonds is 11. The SMILES string of the molecule is CCNC(=NCC(O)COCC(C)C)NCCCn1ccc2ccccc21. The Bertz CT molecular complexity index is 696. The van der Waals surface area contributed by atoms with Crippen molar-refractivity contribution in [2.75, 3.05) is 32.8 Å². The maximum Gasteiger partial charge on any atom is 0.191 e. The van der Waals surface area contributed by atoms with Crippen LogP contribution in [0.5, 0.6) is 0 Å². The summed E-state index contributed by atoms with van der Waals surface area (Å²) in [5.74, 6) is 1.20. The summed E-state index contributed by atoms with van der Waals surface area (Å²) in [5, 5.41) is 17.8. The molecule has 1 aromatic heterocycles. The van der Waals surface area contributed by atoms with Crippen LogP contribution in [0.4, 0.5) is 0 Å². The lowest BCUT2D eigenvalue weighted by Gasteiger charge is -2.14. The maximum absolute atomic E-state index is 9.99. The van der Waals surface area contributed by atoms with Gasteiger partial charge in [0.05, 0.1) is 19.3 Å². The predicted molar refractivity (Wildman–Crippen MR) is 112 cm³/mol. The molecule has 0 saturated heterocycles. The highest BCUT2D eigenvalue weighted by atomic mass is 16.5. The van der Waals surface area contributed by atoms with Crippen LogP contribution in [0.3, 0.4) is 0 Å². The van der Waals surface area contributed by atoms with Crippen molar-refractivity contribution in [3.05, 3.63) is 36.5 Å². The van der Waals surface area contributed by atoms with Crippen molar-refractivity contribution in [3.63, 3.8) is 0 Å². The minimum atomic E-state index is -0.578. The van der Waals surface area contributed by atoms with E-state index in [1.165, 1.54) is 10.9 Å². The van der Waals surface area contributed by atoms with Gasteiger partial charge in [0.15, 0.2) is 5.96 Å². The van der Waals surface area contributed by atoms with Crippen molar-refractivity contribution in [3.8, 4) is 0 Å². The Hall–Kier alpha value is -2.05. The first kappa shape index (κ1) is 21.3. The van der Waals surface area contributed by atoms with Crippen LogP contribution in [0.2, 0.25) is 0 Å². The number of nitrogens with one attached hydrogen (secondary N) is 2. The molecule has 0 amide bonds. The van der Waals surface area contributed by atoms with E-state index < -0.39 is 6.10 Å². The number of para-hydroxylation sites is 1. The van der Waals surface area contributed by atoms with Gasteiger partial charge in [-0.2, -0.15) is 0 Å². The third kappa shape index (κ3) is 7.61. The first-order chi connectivity index (χ1) is 13.1. The molecule has 0 spiro atoms. The maximum atomic E-state index is 9.99. The summed E-state index contributed by atoms with van der Waals surface area (Å²) in [5.41, 5.74) is 1.27. The van der Waals surface area contributed by atoms with Gasteiger partial charge in [-0.3, -0.25) is 4.99 Å². The smallest absolute Gasteiger partial charge is 0.191 e. The molecule has 0 radical (unpaired) electrons. The lowest BCUT2D eigenvalue weighted by atomic mass is 10.2. The minimum absolute atomic E-state index is 0.321. The molecule has 3 N–H and O–H groups in total. The molecule has 0 saturated carbocycles. The fourth-order valence-corrected chi connectivity index (χ4v) is 2.82. The number of nitrogens with zero attached hydrogens (tertiary/aromatic N) is 2. The summed E-state index contributed by atoms with van der Waals surface area (Å²) in [7, 11) is 0. The fraction of sp³-hybridized carbons (Fsp3) is 0.571. The molecule has 0 bridgehead atoms. The second kappa shape index (κ2) is 11.6. The summed E-state index contributed by atoms with van der Waals surface area (Å²) in [6.07, 6.45) is 2.55. The molecule has 2 aromatic rings. The van der Waals surface area contributed by atoms with E-state index >= 15 is 0 Å².